The van der Waals surface area contributed by atoms with Gasteiger partial charge in [0.25, 0.3) is 0 Å². The van der Waals surface area contributed by atoms with Crippen molar-refractivity contribution in [2.24, 2.45) is 5.73 Å². The molecule has 26 heavy (non-hydrogen) atoms. The summed E-state index contributed by atoms with van der Waals surface area (Å²) in [7, 11) is 4.28. The van der Waals surface area contributed by atoms with E-state index >= 15 is 0 Å². The molecular formula is C18H25N5O2S. The zero-order valence-electron chi connectivity index (χ0n) is 15.3. The van der Waals surface area contributed by atoms with Gasteiger partial charge in [0.1, 0.15) is 17.3 Å². The van der Waals surface area contributed by atoms with E-state index in [2.05, 4.69) is 29.0 Å². The monoisotopic (exact) mass is 375 g/mol. The molecule has 0 bridgehead atoms. The van der Waals surface area contributed by atoms with Crippen molar-refractivity contribution >= 4 is 27.6 Å². The zero-order valence-corrected chi connectivity index (χ0v) is 16.1. The quantitative estimate of drug-likeness (QED) is 0.890. The number of thiophene rings is 1. The summed E-state index contributed by atoms with van der Waals surface area (Å²) in [5.41, 5.74) is 6.59. The first-order chi connectivity index (χ1) is 12.5. The Kier molecular flexibility index (Phi) is 4.71. The molecule has 4 rings (SSSR count). The highest BCUT2D eigenvalue weighted by molar-refractivity contribution is 7.18. The Hall–Kier alpha value is -1.93. The maximum Gasteiger partial charge on any atom is 0.315 e. The molecule has 2 aromatic rings. The number of urea groups is 1. The molecule has 0 atom stereocenters. The first-order valence-electron chi connectivity index (χ1n) is 9.15. The number of carbonyl (C=O) groups excluding carboxylic acids is 1. The molecule has 1 aliphatic heterocycles. The van der Waals surface area contributed by atoms with Gasteiger partial charge in [-0.2, -0.15) is 0 Å². The van der Waals surface area contributed by atoms with Gasteiger partial charge in [-0.15, -0.1) is 11.3 Å². The van der Waals surface area contributed by atoms with Gasteiger partial charge in [-0.3, -0.25) is 0 Å². The molecule has 2 amide bonds. The minimum atomic E-state index is -0.378. The third-order valence-electron chi connectivity index (χ3n) is 5.56. The lowest BCUT2D eigenvalue weighted by atomic mass is 9.92. The van der Waals surface area contributed by atoms with Crippen LogP contribution in [0.1, 0.15) is 36.1 Å². The Labute approximate surface area is 157 Å². The fraction of sp³-hybridized carbons (Fsp3) is 0.611. The average Bonchev–Trinajstić information content (AvgIpc) is 3.00. The Morgan fingerprint density at radius 2 is 2.08 bits per heavy atom. The van der Waals surface area contributed by atoms with Crippen LogP contribution in [-0.4, -0.2) is 58.6 Å². The molecule has 2 N–H and O–H groups in total. The number of aromatic nitrogens is 2. The van der Waals surface area contributed by atoms with E-state index in [0.29, 0.717) is 25.0 Å². The largest absolute Gasteiger partial charge is 0.474 e. The number of carbonyl (C=O) groups is 1. The van der Waals surface area contributed by atoms with E-state index in [1.807, 2.05) is 0 Å². The van der Waals surface area contributed by atoms with E-state index < -0.39 is 0 Å². The van der Waals surface area contributed by atoms with Crippen molar-refractivity contribution in [1.82, 2.24) is 19.8 Å². The fourth-order valence-electron chi connectivity index (χ4n) is 4.00. The number of amides is 2. The highest BCUT2D eigenvalue weighted by atomic mass is 32.1. The number of rotatable bonds is 3. The van der Waals surface area contributed by atoms with Crippen LogP contribution in [0, 0.1) is 0 Å². The average molecular weight is 375 g/mol. The summed E-state index contributed by atoms with van der Waals surface area (Å²) < 4.78 is 6.32. The number of ether oxygens (including phenoxy) is 1. The van der Waals surface area contributed by atoms with E-state index in [1.165, 1.54) is 4.88 Å². The molecule has 140 valence electrons. The molecule has 0 saturated heterocycles. The van der Waals surface area contributed by atoms with Crippen LogP contribution < -0.4 is 10.5 Å². The summed E-state index contributed by atoms with van der Waals surface area (Å²) in [6, 6.07) is 0.259. The van der Waals surface area contributed by atoms with Crippen molar-refractivity contribution in [2.75, 3.05) is 20.6 Å². The van der Waals surface area contributed by atoms with Crippen LogP contribution >= 0.6 is 11.3 Å². The maximum atomic E-state index is 11.6. The van der Waals surface area contributed by atoms with Crippen LogP contribution in [0.4, 0.5) is 4.79 Å². The summed E-state index contributed by atoms with van der Waals surface area (Å²) in [4.78, 5) is 26.6. The predicted octanol–water partition coefficient (Wildman–Crippen LogP) is 2.38. The SMILES string of the molecule is CN(C)[C@H]1CC[C@H](Oc2ncnc3sc4c(c23)CN(C(N)=O)CC4)CC1. The van der Waals surface area contributed by atoms with E-state index in [1.54, 1.807) is 22.6 Å². The van der Waals surface area contributed by atoms with E-state index in [4.69, 9.17) is 10.5 Å². The molecule has 1 saturated carbocycles. The van der Waals surface area contributed by atoms with Gasteiger partial charge in [-0.25, -0.2) is 14.8 Å². The van der Waals surface area contributed by atoms with Crippen LogP contribution in [0.3, 0.4) is 0 Å². The molecule has 3 heterocycles. The minimum absolute atomic E-state index is 0.190. The lowest BCUT2D eigenvalue weighted by molar-refractivity contribution is 0.108. The summed E-state index contributed by atoms with van der Waals surface area (Å²) in [5.74, 6) is 0.659. The molecule has 0 unspecified atom stereocenters. The summed E-state index contributed by atoms with van der Waals surface area (Å²) in [6.07, 6.45) is 6.94. The number of nitrogens with zero attached hydrogens (tertiary/aromatic N) is 4. The summed E-state index contributed by atoms with van der Waals surface area (Å²) >= 11 is 1.68. The Bertz CT molecular complexity index is 813. The van der Waals surface area contributed by atoms with E-state index in [-0.39, 0.29) is 12.1 Å². The summed E-state index contributed by atoms with van der Waals surface area (Å²) in [5, 5.41) is 0.966. The molecule has 0 aromatic carbocycles. The third kappa shape index (κ3) is 3.23. The van der Waals surface area contributed by atoms with Gasteiger partial charge in [0.2, 0.25) is 5.88 Å². The van der Waals surface area contributed by atoms with Crippen molar-refractivity contribution in [1.29, 1.82) is 0 Å². The van der Waals surface area contributed by atoms with Crippen LogP contribution in [-0.2, 0) is 13.0 Å². The molecule has 1 aliphatic carbocycles. The van der Waals surface area contributed by atoms with Crippen LogP contribution in [0.2, 0.25) is 0 Å². The van der Waals surface area contributed by atoms with Crippen molar-refractivity contribution in [3.8, 4) is 5.88 Å². The Morgan fingerprint density at radius 1 is 1.31 bits per heavy atom. The highest BCUT2D eigenvalue weighted by Crippen LogP contribution is 2.39. The molecule has 2 aliphatic rings. The summed E-state index contributed by atoms with van der Waals surface area (Å²) in [6.45, 7) is 1.18. The van der Waals surface area contributed by atoms with Gasteiger partial charge in [0, 0.05) is 29.6 Å². The first kappa shape index (κ1) is 17.5. The highest BCUT2D eigenvalue weighted by Gasteiger charge is 2.28. The van der Waals surface area contributed by atoms with E-state index in [9.17, 15) is 4.79 Å². The number of nitrogens with two attached hydrogens (primary N) is 1. The van der Waals surface area contributed by atoms with Crippen molar-refractivity contribution in [2.45, 2.75) is 50.8 Å². The van der Waals surface area contributed by atoms with Gasteiger partial charge in [-0.05, 0) is 46.2 Å². The first-order valence-corrected chi connectivity index (χ1v) is 9.97. The maximum absolute atomic E-state index is 11.6. The molecule has 1 fully saturated rings. The fourth-order valence-corrected chi connectivity index (χ4v) is 5.13. The lowest BCUT2D eigenvalue weighted by Crippen LogP contribution is -2.39. The smallest absolute Gasteiger partial charge is 0.315 e. The Balaban J connectivity index is 1.58. The molecule has 0 radical (unpaired) electrons. The second kappa shape index (κ2) is 7.00. The van der Waals surface area contributed by atoms with Crippen LogP contribution in [0.5, 0.6) is 5.88 Å². The van der Waals surface area contributed by atoms with Gasteiger partial charge in [-0.1, -0.05) is 0 Å². The van der Waals surface area contributed by atoms with Crippen molar-refractivity contribution < 1.29 is 9.53 Å². The van der Waals surface area contributed by atoms with Crippen LogP contribution in [0.15, 0.2) is 6.33 Å². The predicted molar refractivity (Wildman–Crippen MR) is 101 cm³/mol. The minimum Gasteiger partial charge on any atom is -0.474 e. The van der Waals surface area contributed by atoms with Gasteiger partial charge < -0.3 is 20.3 Å². The molecule has 2 aromatic heterocycles. The van der Waals surface area contributed by atoms with E-state index in [0.717, 1.165) is 47.9 Å². The normalized spacial score (nSPS) is 23.3. The molecule has 0 spiro atoms. The van der Waals surface area contributed by atoms with Gasteiger partial charge in [0.05, 0.1) is 5.39 Å². The second-order valence-electron chi connectivity index (χ2n) is 7.38. The number of hydrogen-bond donors (Lipinski definition) is 1. The third-order valence-corrected chi connectivity index (χ3v) is 6.76. The van der Waals surface area contributed by atoms with Gasteiger partial charge in [0.15, 0.2) is 0 Å². The van der Waals surface area contributed by atoms with Crippen molar-refractivity contribution in [3.63, 3.8) is 0 Å². The molecular weight excluding hydrogens is 350 g/mol. The number of fused-ring (bicyclic) bond motifs is 3. The van der Waals surface area contributed by atoms with Gasteiger partial charge >= 0.3 is 6.03 Å². The Morgan fingerprint density at radius 3 is 2.77 bits per heavy atom. The second-order valence-corrected chi connectivity index (χ2v) is 8.47. The van der Waals surface area contributed by atoms with Crippen molar-refractivity contribution in [3.05, 3.63) is 16.8 Å². The topological polar surface area (TPSA) is 84.6 Å². The zero-order chi connectivity index (χ0) is 18.3. The standard InChI is InChI=1S/C18H25N5O2S/c1-22(2)11-3-5-12(6-4-11)25-16-15-13-9-23(18(19)24)8-7-14(13)26-17(15)21-10-20-16/h10-12H,3-9H2,1-2H3,(H2,19,24)/t11-,12-. The van der Waals surface area contributed by atoms with Crippen LogP contribution in [0.25, 0.3) is 10.2 Å². The molecule has 8 heteroatoms. The number of primary amides is 1. The lowest BCUT2D eigenvalue weighted by Gasteiger charge is -2.32. The number of hydrogen-bond acceptors (Lipinski definition) is 6. The molecule has 7 nitrogen and oxygen atoms in total.